The summed E-state index contributed by atoms with van der Waals surface area (Å²) in [6.45, 7) is 7.39. The van der Waals surface area contributed by atoms with Gasteiger partial charge in [-0.3, -0.25) is 29.2 Å². The van der Waals surface area contributed by atoms with Gasteiger partial charge in [0.2, 0.25) is 5.91 Å². The number of esters is 1. The van der Waals surface area contributed by atoms with Crippen LogP contribution < -0.4 is 16.1 Å². The van der Waals surface area contributed by atoms with Gasteiger partial charge in [-0.25, -0.2) is 5.43 Å². The van der Waals surface area contributed by atoms with Gasteiger partial charge in [-0.2, -0.15) is 0 Å². The first-order valence-electron chi connectivity index (χ1n) is 15.6. The van der Waals surface area contributed by atoms with Crippen LogP contribution in [0.4, 0.5) is 0 Å². The van der Waals surface area contributed by atoms with Crippen LogP contribution in [0.1, 0.15) is 83.5 Å². The van der Waals surface area contributed by atoms with Crippen molar-refractivity contribution >= 4 is 40.7 Å². The molecule has 1 saturated heterocycles. The largest absolute Gasteiger partial charge is 0.451 e. The Labute approximate surface area is 257 Å². The Hall–Kier alpha value is -3.83. The van der Waals surface area contributed by atoms with E-state index in [1.165, 1.54) is 5.01 Å². The molecule has 2 aliphatic heterocycles. The van der Waals surface area contributed by atoms with Crippen LogP contribution in [0.3, 0.4) is 0 Å². The Bertz CT molecular complexity index is 1450. The maximum absolute atomic E-state index is 13.9. The van der Waals surface area contributed by atoms with Gasteiger partial charge in [0.25, 0.3) is 11.8 Å². The van der Waals surface area contributed by atoms with E-state index in [-0.39, 0.29) is 17.9 Å². The van der Waals surface area contributed by atoms with E-state index in [2.05, 4.69) is 16.1 Å². The summed E-state index contributed by atoms with van der Waals surface area (Å²) in [6, 6.07) is 7.74. The highest BCUT2D eigenvalue weighted by Crippen LogP contribution is 2.40. The van der Waals surface area contributed by atoms with Crippen LogP contribution in [0.25, 0.3) is 17.0 Å². The number of hydrazine groups is 1. The summed E-state index contributed by atoms with van der Waals surface area (Å²) in [6.07, 6.45) is 4.84. The van der Waals surface area contributed by atoms with Crippen LogP contribution in [0.5, 0.6) is 0 Å². The summed E-state index contributed by atoms with van der Waals surface area (Å²) < 4.78 is 5.93. The fourth-order valence-corrected chi connectivity index (χ4v) is 6.15. The molecule has 44 heavy (non-hydrogen) atoms. The van der Waals surface area contributed by atoms with Crippen molar-refractivity contribution < 1.29 is 29.0 Å². The van der Waals surface area contributed by atoms with Crippen LogP contribution in [0.2, 0.25) is 0 Å². The van der Waals surface area contributed by atoms with Gasteiger partial charge in [0, 0.05) is 11.9 Å². The van der Waals surface area contributed by atoms with Crippen LogP contribution in [0, 0.1) is 11.3 Å². The topological polar surface area (TPSA) is 150 Å². The number of amides is 3. The van der Waals surface area contributed by atoms with Crippen molar-refractivity contribution in [2.75, 3.05) is 6.54 Å². The third-order valence-electron chi connectivity index (χ3n) is 8.98. The van der Waals surface area contributed by atoms with Crippen molar-refractivity contribution in [3.63, 3.8) is 0 Å². The molecule has 0 radical (unpaired) electrons. The molecule has 11 nitrogen and oxygen atoms in total. The number of nitrogens with one attached hydrogen (secondary N) is 3. The fraction of sp³-hybridized carbons (Fsp3) is 0.545. The lowest BCUT2D eigenvalue weighted by Gasteiger charge is -2.36. The van der Waals surface area contributed by atoms with Crippen molar-refractivity contribution in [2.45, 2.75) is 96.6 Å². The quantitative estimate of drug-likeness (QED) is 0.363. The first kappa shape index (κ1) is 31.6. The lowest BCUT2D eigenvalue weighted by atomic mass is 9.72. The second-order valence-corrected chi connectivity index (χ2v) is 12.8. The molecule has 1 spiro atoms. The molecule has 5 bridgehead atoms. The molecule has 4 N–H and O–H groups in total. The van der Waals surface area contributed by atoms with E-state index in [1.54, 1.807) is 20.8 Å². The number of nitrogens with zero attached hydrogens (tertiary/aromatic N) is 2. The van der Waals surface area contributed by atoms with Crippen molar-refractivity contribution in [1.82, 2.24) is 26.1 Å². The van der Waals surface area contributed by atoms with Crippen LogP contribution in [0.15, 0.2) is 36.4 Å². The van der Waals surface area contributed by atoms with E-state index in [0.29, 0.717) is 50.8 Å². The Kier molecular flexibility index (Phi) is 9.36. The number of benzene rings is 1. The van der Waals surface area contributed by atoms with Crippen LogP contribution >= 0.6 is 0 Å². The molecule has 3 heterocycles. The Balaban J connectivity index is 1.53. The molecule has 1 aromatic heterocycles. The minimum atomic E-state index is -1.12. The van der Waals surface area contributed by atoms with E-state index >= 15 is 0 Å². The van der Waals surface area contributed by atoms with E-state index in [4.69, 9.17) is 9.72 Å². The summed E-state index contributed by atoms with van der Waals surface area (Å²) in [7, 11) is 0. The summed E-state index contributed by atoms with van der Waals surface area (Å²) in [5, 5.41) is 18.3. The number of pyridine rings is 1. The molecule has 2 fully saturated rings. The molecule has 2 aromatic rings. The lowest BCUT2D eigenvalue weighted by Crippen LogP contribution is -2.61. The van der Waals surface area contributed by atoms with Gasteiger partial charge in [0.05, 0.1) is 28.8 Å². The Morgan fingerprint density at radius 2 is 1.68 bits per heavy atom. The SMILES string of the molecule is CC(C)[C@@H]1OC(=O)[C@]2(/C=C/c3ccc4ccc(nc4c3)[C@@H](C)NC(=O)C3CCCN(N3)C(=O)[C@H](C)NC1=O)CC[C@H](O)CC2. The molecule has 1 unspecified atom stereocenters. The molecular weight excluding hydrogens is 562 g/mol. The zero-order valence-corrected chi connectivity index (χ0v) is 25.8. The molecule has 11 heteroatoms. The molecular formula is C33H43N5O6. The number of carbonyl (C=O) groups excluding carboxylic acids is 4. The maximum atomic E-state index is 13.9. The molecule has 1 aliphatic carbocycles. The number of aliphatic hydroxyl groups is 1. The summed E-state index contributed by atoms with van der Waals surface area (Å²) in [5.41, 5.74) is 4.27. The second-order valence-electron chi connectivity index (χ2n) is 12.8. The summed E-state index contributed by atoms with van der Waals surface area (Å²) in [5.74, 6) is -2.09. The van der Waals surface area contributed by atoms with E-state index in [0.717, 1.165) is 16.5 Å². The van der Waals surface area contributed by atoms with Gasteiger partial charge in [0.15, 0.2) is 6.10 Å². The van der Waals surface area contributed by atoms with Gasteiger partial charge in [0.1, 0.15) is 12.1 Å². The first-order chi connectivity index (χ1) is 21.0. The molecule has 3 amide bonds. The minimum Gasteiger partial charge on any atom is -0.451 e. The number of fused-ring (bicyclic) bond motifs is 4. The van der Waals surface area contributed by atoms with Crippen molar-refractivity contribution in [3.8, 4) is 0 Å². The lowest BCUT2D eigenvalue weighted by molar-refractivity contribution is -0.168. The highest BCUT2D eigenvalue weighted by molar-refractivity contribution is 5.92. The number of aromatic nitrogens is 1. The molecule has 1 saturated carbocycles. The Morgan fingerprint density at radius 3 is 2.41 bits per heavy atom. The number of rotatable bonds is 1. The highest BCUT2D eigenvalue weighted by atomic mass is 16.5. The predicted molar refractivity (Wildman–Crippen MR) is 164 cm³/mol. The Morgan fingerprint density at radius 1 is 0.977 bits per heavy atom. The molecule has 1 aromatic carbocycles. The molecule has 4 atom stereocenters. The van der Waals surface area contributed by atoms with E-state index in [9.17, 15) is 24.3 Å². The number of hydrogen-bond donors (Lipinski definition) is 4. The van der Waals surface area contributed by atoms with Crippen molar-refractivity contribution in [1.29, 1.82) is 0 Å². The standard InChI is InChI=1S/C33H43N5O6/c1-19(2)28-30(41)35-21(4)31(42)38-17-5-6-26(37-38)29(40)34-20(3)25-10-9-23-8-7-22(18-27(23)36-25)11-14-33(32(43)44-28)15-12-24(39)13-16-33/h7-11,14,18-21,24,26,28,37,39H,5-6,12-13,15-17H2,1-4H3,(H,34,40)(H,35,41)/b14-11+/t20-,21+,24-,26?,28+,33+/m1/s1. The van der Waals surface area contributed by atoms with Crippen LogP contribution in [-0.4, -0.2) is 69.6 Å². The predicted octanol–water partition coefficient (Wildman–Crippen LogP) is 2.93. The maximum Gasteiger partial charge on any atom is 0.316 e. The fourth-order valence-electron chi connectivity index (χ4n) is 6.15. The number of ether oxygens (including phenoxy) is 1. The zero-order valence-electron chi connectivity index (χ0n) is 25.8. The normalized spacial score (nSPS) is 31.5. The van der Waals surface area contributed by atoms with Gasteiger partial charge in [-0.15, -0.1) is 0 Å². The molecule has 3 aliphatic rings. The van der Waals surface area contributed by atoms with Crippen LogP contribution in [-0.2, 0) is 23.9 Å². The van der Waals surface area contributed by atoms with Gasteiger partial charge < -0.3 is 20.5 Å². The minimum absolute atomic E-state index is 0.245. The smallest absolute Gasteiger partial charge is 0.316 e. The number of carbonyl (C=O) groups is 4. The highest BCUT2D eigenvalue weighted by Gasteiger charge is 2.43. The molecule has 5 rings (SSSR count). The first-order valence-corrected chi connectivity index (χ1v) is 15.6. The third kappa shape index (κ3) is 6.78. The summed E-state index contributed by atoms with van der Waals surface area (Å²) in [4.78, 5) is 58.7. The monoisotopic (exact) mass is 605 g/mol. The molecule has 236 valence electrons. The van der Waals surface area contributed by atoms with Gasteiger partial charge in [-0.05, 0) is 76.0 Å². The number of hydrogen-bond acceptors (Lipinski definition) is 8. The second kappa shape index (κ2) is 13.0. The number of cyclic esters (lactones) is 1. The zero-order chi connectivity index (χ0) is 31.6. The van der Waals surface area contributed by atoms with Gasteiger partial charge in [-0.1, -0.05) is 44.2 Å². The average molecular weight is 606 g/mol. The van der Waals surface area contributed by atoms with E-state index in [1.807, 2.05) is 49.4 Å². The number of aliphatic hydroxyl groups excluding tert-OH is 1. The summed E-state index contributed by atoms with van der Waals surface area (Å²) >= 11 is 0. The average Bonchev–Trinajstić information content (AvgIpc) is 3.01. The van der Waals surface area contributed by atoms with Gasteiger partial charge >= 0.3 is 5.97 Å². The van der Waals surface area contributed by atoms with Crippen molar-refractivity contribution in [3.05, 3.63) is 47.7 Å². The van der Waals surface area contributed by atoms with Crippen molar-refractivity contribution in [2.24, 2.45) is 11.3 Å². The third-order valence-corrected chi connectivity index (χ3v) is 8.98. The van der Waals surface area contributed by atoms with E-state index < -0.39 is 47.5 Å².